The van der Waals surface area contributed by atoms with Crippen LogP contribution in [-0.4, -0.2) is 17.9 Å². The molecule has 4 fully saturated rings. The molecule has 1 aromatic heterocycles. The Hall–Kier alpha value is -1.38. The average Bonchev–Trinajstić information content (AvgIpc) is 2.45. The lowest BCUT2D eigenvalue weighted by Crippen LogP contribution is -2.54. The smallest absolute Gasteiger partial charge is 0.233 e. The first-order valence-corrected chi connectivity index (χ1v) is 7.84. The maximum absolute atomic E-state index is 13.1. The number of nitrogens with zero attached hydrogens (tertiary/aromatic N) is 2. The summed E-state index contributed by atoms with van der Waals surface area (Å²) in [6, 6.07) is 3.88. The molecule has 0 saturated heterocycles. The molecular weight excluding hydrogens is 248 g/mol. The molecule has 1 heterocycles. The fraction of sp³-hybridized carbons (Fsp3) is 0.647. The van der Waals surface area contributed by atoms with E-state index in [1.165, 1.54) is 19.3 Å². The van der Waals surface area contributed by atoms with Crippen LogP contribution < -0.4 is 4.90 Å². The highest BCUT2D eigenvalue weighted by atomic mass is 16.2. The molecule has 1 amide bonds. The van der Waals surface area contributed by atoms with Crippen molar-refractivity contribution in [2.24, 2.45) is 23.2 Å². The lowest BCUT2D eigenvalue weighted by atomic mass is 9.49. The maximum Gasteiger partial charge on any atom is 0.233 e. The van der Waals surface area contributed by atoms with Crippen molar-refractivity contribution in [2.75, 3.05) is 11.9 Å². The number of hydrogen-bond acceptors (Lipinski definition) is 2. The number of pyridine rings is 1. The molecule has 3 heteroatoms. The summed E-state index contributed by atoms with van der Waals surface area (Å²) in [5.74, 6) is 2.78. The highest BCUT2D eigenvalue weighted by Gasteiger charge is 2.55. The standard InChI is InChI=1S/C17H22N2O/c1-19(15-3-2-4-18-11-15)16(20)17-8-12-5-13(9-17)7-14(6-12)10-17/h2-4,11-14H,5-10H2,1H3. The van der Waals surface area contributed by atoms with Gasteiger partial charge in [0.1, 0.15) is 0 Å². The van der Waals surface area contributed by atoms with Gasteiger partial charge >= 0.3 is 0 Å². The number of carbonyl (C=O) groups excluding carboxylic acids is 1. The van der Waals surface area contributed by atoms with Crippen LogP contribution in [0.4, 0.5) is 5.69 Å². The fourth-order valence-corrected chi connectivity index (χ4v) is 5.40. The minimum atomic E-state index is -0.0562. The summed E-state index contributed by atoms with van der Waals surface area (Å²) in [4.78, 5) is 19.1. The van der Waals surface area contributed by atoms with Crippen LogP contribution in [0.5, 0.6) is 0 Å². The predicted molar refractivity (Wildman–Crippen MR) is 78.3 cm³/mol. The molecule has 4 saturated carbocycles. The highest BCUT2D eigenvalue weighted by molar-refractivity contribution is 5.97. The second-order valence-electron chi connectivity index (χ2n) is 7.27. The van der Waals surface area contributed by atoms with Crippen LogP contribution in [-0.2, 0) is 4.79 Å². The second kappa shape index (κ2) is 4.31. The largest absolute Gasteiger partial charge is 0.314 e. The van der Waals surface area contributed by atoms with Gasteiger partial charge in [-0.3, -0.25) is 9.78 Å². The maximum atomic E-state index is 13.1. The van der Waals surface area contributed by atoms with Crippen LogP contribution >= 0.6 is 0 Å². The zero-order chi connectivity index (χ0) is 13.7. The van der Waals surface area contributed by atoms with Gasteiger partial charge in [0.2, 0.25) is 5.91 Å². The van der Waals surface area contributed by atoms with Crippen LogP contribution in [0.25, 0.3) is 0 Å². The zero-order valence-corrected chi connectivity index (χ0v) is 12.1. The molecule has 0 aliphatic heterocycles. The van der Waals surface area contributed by atoms with Crippen molar-refractivity contribution in [3.05, 3.63) is 24.5 Å². The summed E-state index contributed by atoms with van der Waals surface area (Å²) < 4.78 is 0. The third-order valence-corrected chi connectivity index (χ3v) is 5.83. The Balaban J connectivity index is 1.62. The van der Waals surface area contributed by atoms with Gasteiger partial charge in [0.05, 0.1) is 17.3 Å². The predicted octanol–water partition coefficient (Wildman–Crippen LogP) is 3.26. The Morgan fingerprint density at radius 2 is 1.80 bits per heavy atom. The van der Waals surface area contributed by atoms with Gasteiger partial charge in [-0.2, -0.15) is 0 Å². The van der Waals surface area contributed by atoms with Crippen molar-refractivity contribution in [1.82, 2.24) is 4.98 Å². The molecule has 106 valence electrons. The zero-order valence-electron chi connectivity index (χ0n) is 12.1. The van der Waals surface area contributed by atoms with E-state index in [-0.39, 0.29) is 5.41 Å². The molecule has 3 nitrogen and oxygen atoms in total. The molecule has 4 aliphatic carbocycles. The lowest BCUT2D eigenvalue weighted by Gasteiger charge is -2.56. The Morgan fingerprint density at radius 1 is 1.20 bits per heavy atom. The van der Waals surface area contributed by atoms with E-state index in [1.54, 1.807) is 12.4 Å². The van der Waals surface area contributed by atoms with Gasteiger partial charge in [0.15, 0.2) is 0 Å². The van der Waals surface area contributed by atoms with Crippen LogP contribution in [0.3, 0.4) is 0 Å². The summed E-state index contributed by atoms with van der Waals surface area (Å²) >= 11 is 0. The fourth-order valence-electron chi connectivity index (χ4n) is 5.40. The number of anilines is 1. The summed E-state index contributed by atoms with van der Waals surface area (Å²) in [6.07, 6.45) is 11.1. The van der Waals surface area contributed by atoms with E-state index in [0.717, 1.165) is 42.7 Å². The highest BCUT2D eigenvalue weighted by Crippen LogP contribution is 2.60. The number of carbonyl (C=O) groups is 1. The quantitative estimate of drug-likeness (QED) is 0.826. The van der Waals surface area contributed by atoms with Gasteiger partial charge in [-0.15, -0.1) is 0 Å². The van der Waals surface area contributed by atoms with E-state index in [4.69, 9.17) is 0 Å². The van der Waals surface area contributed by atoms with Gasteiger partial charge in [-0.1, -0.05) is 0 Å². The monoisotopic (exact) mass is 270 g/mol. The topological polar surface area (TPSA) is 33.2 Å². The molecule has 20 heavy (non-hydrogen) atoms. The lowest BCUT2D eigenvalue weighted by molar-refractivity contribution is -0.143. The van der Waals surface area contributed by atoms with E-state index < -0.39 is 0 Å². The van der Waals surface area contributed by atoms with Gasteiger partial charge < -0.3 is 4.90 Å². The molecule has 0 spiro atoms. The second-order valence-corrected chi connectivity index (χ2v) is 7.27. The molecule has 1 aromatic rings. The van der Waals surface area contributed by atoms with Gasteiger partial charge in [0, 0.05) is 13.2 Å². The molecule has 0 radical (unpaired) electrons. The molecule has 5 rings (SSSR count). The Morgan fingerprint density at radius 3 is 2.30 bits per heavy atom. The summed E-state index contributed by atoms with van der Waals surface area (Å²) in [5.41, 5.74) is 0.868. The van der Waals surface area contributed by atoms with Crippen LogP contribution in [0, 0.1) is 23.2 Å². The van der Waals surface area contributed by atoms with E-state index in [1.807, 2.05) is 24.1 Å². The van der Waals surface area contributed by atoms with Crippen molar-refractivity contribution >= 4 is 11.6 Å². The van der Waals surface area contributed by atoms with Crippen molar-refractivity contribution in [3.63, 3.8) is 0 Å². The van der Waals surface area contributed by atoms with Crippen molar-refractivity contribution < 1.29 is 4.79 Å². The molecule has 0 unspecified atom stereocenters. The van der Waals surface area contributed by atoms with Crippen molar-refractivity contribution in [2.45, 2.75) is 38.5 Å². The van der Waals surface area contributed by atoms with Crippen LogP contribution in [0.15, 0.2) is 24.5 Å². The third-order valence-electron chi connectivity index (χ3n) is 5.83. The van der Waals surface area contributed by atoms with Crippen LogP contribution in [0.1, 0.15) is 38.5 Å². The molecule has 0 aromatic carbocycles. The Labute approximate surface area is 120 Å². The van der Waals surface area contributed by atoms with E-state index in [2.05, 4.69) is 4.98 Å². The Bertz CT molecular complexity index is 490. The normalized spacial score (nSPS) is 38.0. The Kier molecular flexibility index (Phi) is 2.66. The molecule has 0 atom stereocenters. The first-order chi connectivity index (χ1) is 9.66. The van der Waals surface area contributed by atoms with Gasteiger partial charge in [0.25, 0.3) is 0 Å². The first kappa shape index (κ1) is 12.4. The molecule has 4 bridgehead atoms. The summed E-state index contributed by atoms with van der Waals surface area (Å²) in [5, 5.41) is 0. The van der Waals surface area contributed by atoms with Crippen LogP contribution in [0.2, 0.25) is 0 Å². The summed E-state index contributed by atoms with van der Waals surface area (Å²) in [6.45, 7) is 0. The van der Waals surface area contributed by atoms with E-state index >= 15 is 0 Å². The van der Waals surface area contributed by atoms with Crippen molar-refractivity contribution in [1.29, 1.82) is 0 Å². The number of rotatable bonds is 2. The van der Waals surface area contributed by atoms with E-state index in [9.17, 15) is 4.79 Å². The third kappa shape index (κ3) is 1.79. The van der Waals surface area contributed by atoms with E-state index in [0.29, 0.717) is 5.91 Å². The minimum absolute atomic E-state index is 0.0562. The van der Waals surface area contributed by atoms with Crippen molar-refractivity contribution in [3.8, 4) is 0 Å². The van der Waals surface area contributed by atoms with Gasteiger partial charge in [-0.05, 0) is 68.4 Å². The van der Waals surface area contributed by atoms with Gasteiger partial charge in [-0.25, -0.2) is 0 Å². The number of aromatic nitrogens is 1. The minimum Gasteiger partial charge on any atom is -0.314 e. The number of hydrogen-bond donors (Lipinski definition) is 0. The number of amides is 1. The SMILES string of the molecule is CN(C(=O)C12CC3CC(CC(C3)C1)C2)c1cccnc1. The summed E-state index contributed by atoms with van der Waals surface area (Å²) in [7, 11) is 1.91. The first-order valence-electron chi connectivity index (χ1n) is 7.84. The molecule has 4 aliphatic rings. The molecule has 0 N–H and O–H groups in total. The molecular formula is C17H22N2O. The average molecular weight is 270 g/mol.